The Morgan fingerprint density at radius 1 is 0.368 bits per heavy atom. The van der Waals surface area contributed by atoms with Crippen molar-refractivity contribution < 1.29 is 124 Å². The molecule has 5 aromatic carbocycles. The van der Waals surface area contributed by atoms with E-state index >= 15 is 0 Å². The summed E-state index contributed by atoms with van der Waals surface area (Å²) in [6, 6.07) is 6.80. The summed E-state index contributed by atoms with van der Waals surface area (Å²) in [6.07, 6.45) is -10.4. The van der Waals surface area contributed by atoms with E-state index in [1.807, 2.05) is 0 Å². The lowest BCUT2D eigenvalue weighted by molar-refractivity contribution is -0.234. The van der Waals surface area contributed by atoms with E-state index in [4.69, 9.17) is 28.4 Å². The van der Waals surface area contributed by atoms with Crippen LogP contribution in [0.1, 0.15) is 47.0 Å². The molecular weight excluding hydrogens is 916 g/mol. The Hall–Kier alpha value is -9.52. The van der Waals surface area contributed by atoms with Crippen molar-refractivity contribution in [2.45, 2.75) is 30.5 Å². The van der Waals surface area contributed by atoms with Crippen LogP contribution in [0.15, 0.2) is 67.2 Å². The Morgan fingerprint density at radius 2 is 0.603 bits per heavy atom. The number of hydrogen-bond donors (Lipinski definition) is 15. The normalized spacial score (nSPS) is 17.6. The van der Waals surface area contributed by atoms with Gasteiger partial charge < -0.3 is 105 Å². The van der Waals surface area contributed by atoms with Gasteiger partial charge >= 0.3 is 23.9 Å². The highest BCUT2D eigenvalue weighted by Gasteiger charge is 2.53. The van der Waals surface area contributed by atoms with Crippen LogP contribution in [-0.2, 0) is 28.4 Å². The number of benzene rings is 5. The van der Waals surface area contributed by atoms with Crippen LogP contribution in [0, 0.1) is 0 Å². The summed E-state index contributed by atoms with van der Waals surface area (Å²) in [4.78, 5) is 54.6. The SMILES string of the molecule is C=C(OC1[C@@H](COC(=O)c2cc(O)c(O)c(O)c2)OC(COC(=O)c2cc(O)c(O)c(O)c2)[C@@H](OC(=O)c2cc(O)c(O)c(O)c2)[C@H]1OC(=O)c1cc(O)c(O)c(O)c1)c1cc(O)c(O)c(O)c1. The summed E-state index contributed by atoms with van der Waals surface area (Å²) in [5, 5.41) is 151. The highest BCUT2D eigenvalue weighted by Crippen LogP contribution is 2.42. The summed E-state index contributed by atoms with van der Waals surface area (Å²) in [5.41, 5.74) is -2.94. The van der Waals surface area contributed by atoms with Crippen molar-refractivity contribution in [3.05, 3.63) is 95.1 Å². The lowest BCUT2D eigenvalue weighted by Gasteiger charge is -2.45. The van der Waals surface area contributed by atoms with Gasteiger partial charge in [0, 0.05) is 5.56 Å². The second-order valence-corrected chi connectivity index (χ2v) is 14.5. The zero-order valence-corrected chi connectivity index (χ0v) is 34.1. The van der Waals surface area contributed by atoms with E-state index in [2.05, 4.69) is 6.58 Å². The zero-order chi connectivity index (χ0) is 50.0. The Balaban J connectivity index is 1.50. The smallest absolute Gasteiger partial charge is 0.338 e. The lowest BCUT2D eigenvalue weighted by Crippen LogP contribution is -2.63. The van der Waals surface area contributed by atoms with Gasteiger partial charge in [-0.1, -0.05) is 6.58 Å². The molecular formula is C43H36O25. The van der Waals surface area contributed by atoms with Crippen LogP contribution >= 0.6 is 0 Å². The fourth-order valence-electron chi connectivity index (χ4n) is 6.43. The minimum atomic E-state index is -2.25. The number of rotatable bonds is 13. The van der Waals surface area contributed by atoms with Crippen LogP contribution in [-0.4, -0.2) is 144 Å². The molecule has 68 heavy (non-hydrogen) atoms. The first-order valence-corrected chi connectivity index (χ1v) is 19.0. The van der Waals surface area contributed by atoms with Gasteiger partial charge in [-0.05, 0) is 60.7 Å². The van der Waals surface area contributed by atoms with Crippen LogP contribution in [0.2, 0.25) is 0 Å². The Morgan fingerprint density at radius 3 is 0.897 bits per heavy atom. The average molecular weight is 953 g/mol. The third-order valence-corrected chi connectivity index (χ3v) is 9.87. The molecule has 0 aliphatic carbocycles. The molecule has 25 heteroatoms. The molecule has 2 unspecified atom stereocenters. The molecule has 5 atom stereocenters. The molecule has 1 aliphatic heterocycles. The van der Waals surface area contributed by atoms with Crippen molar-refractivity contribution in [1.82, 2.24) is 0 Å². The second-order valence-electron chi connectivity index (χ2n) is 14.5. The maximum atomic E-state index is 14.0. The highest BCUT2D eigenvalue weighted by molar-refractivity contribution is 5.93. The second kappa shape index (κ2) is 18.9. The number of esters is 4. The lowest BCUT2D eigenvalue weighted by atomic mass is 9.94. The largest absolute Gasteiger partial charge is 0.504 e. The fraction of sp³-hybridized carbons (Fsp3) is 0.163. The molecule has 0 aromatic heterocycles. The number of ether oxygens (including phenoxy) is 6. The molecule has 1 heterocycles. The molecule has 25 nitrogen and oxygen atoms in total. The van der Waals surface area contributed by atoms with E-state index in [1.54, 1.807) is 0 Å². The van der Waals surface area contributed by atoms with Crippen molar-refractivity contribution in [1.29, 1.82) is 0 Å². The number of carbonyl (C=O) groups excluding carboxylic acids is 4. The van der Waals surface area contributed by atoms with Crippen LogP contribution in [0.25, 0.3) is 5.76 Å². The third-order valence-electron chi connectivity index (χ3n) is 9.87. The van der Waals surface area contributed by atoms with Crippen LogP contribution in [0.3, 0.4) is 0 Å². The van der Waals surface area contributed by atoms with Gasteiger partial charge in [0.25, 0.3) is 0 Å². The van der Waals surface area contributed by atoms with Crippen molar-refractivity contribution in [2.75, 3.05) is 13.2 Å². The molecule has 0 bridgehead atoms. The summed E-state index contributed by atoms with van der Waals surface area (Å²) in [5.74, 6) is -21.5. The maximum Gasteiger partial charge on any atom is 0.338 e. The summed E-state index contributed by atoms with van der Waals surface area (Å²) >= 11 is 0. The molecule has 1 saturated heterocycles. The minimum Gasteiger partial charge on any atom is -0.504 e. The standard InChI is InChI=1S/C43H36O25/c1-14(15-2-20(44)32(54)21(45)3-15)65-37-30(12-63-40(59)16-4-22(46)33(55)23(47)5-16)66-31(13-64-41(60)17-6-24(48)34(56)25(49)7-17)38(67-42(61)18-8-26(50)35(57)27(51)9-18)39(37)68-43(62)19-10-28(52)36(58)29(53)11-19/h2-11,30-31,37-39,44-58H,1,12-13H2/t30-,31?,37?,38-,39+/m1/s1. The molecule has 0 spiro atoms. The number of hydrogen-bond acceptors (Lipinski definition) is 25. The molecule has 0 saturated carbocycles. The van der Waals surface area contributed by atoms with Gasteiger partial charge in [0.15, 0.2) is 105 Å². The van der Waals surface area contributed by atoms with E-state index < -0.39 is 182 Å². The van der Waals surface area contributed by atoms with Gasteiger partial charge in [-0.3, -0.25) is 0 Å². The summed E-state index contributed by atoms with van der Waals surface area (Å²) in [6.45, 7) is 1.54. The average Bonchev–Trinajstić information content (AvgIpc) is 3.28. The van der Waals surface area contributed by atoms with Crippen molar-refractivity contribution in [3.8, 4) is 86.2 Å². The number of aromatic hydroxyl groups is 15. The Labute approximate surface area is 378 Å². The predicted molar refractivity (Wildman–Crippen MR) is 219 cm³/mol. The first kappa shape index (κ1) is 47.9. The summed E-state index contributed by atoms with van der Waals surface area (Å²) in [7, 11) is 0. The third kappa shape index (κ3) is 9.91. The number of phenols is 15. The van der Waals surface area contributed by atoms with Gasteiger partial charge in [0.1, 0.15) is 31.2 Å². The molecule has 6 rings (SSSR count). The van der Waals surface area contributed by atoms with E-state index in [0.29, 0.717) is 48.5 Å². The van der Waals surface area contributed by atoms with Gasteiger partial charge in [0.2, 0.25) is 0 Å². The maximum absolute atomic E-state index is 14.0. The molecule has 1 fully saturated rings. The first-order chi connectivity index (χ1) is 31.9. The molecule has 1 aliphatic rings. The van der Waals surface area contributed by atoms with Crippen molar-refractivity contribution in [2.24, 2.45) is 0 Å². The number of phenolic OH excluding ortho intramolecular Hbond substituents is 15. The van der Waals surface area contributed by atoms with E-state index in [-0.39, 0.29) is 5.56 Å². The predicted octanol–water partition coefficient (Wildman–Crippen LogP) is 2.56. The van der Waals surface area contributed by atoms with Gasteiger partial charge in [-0.25, -0.2) is 19.2 Å². The quantitative estimate of drug-likeness (QED) is 0.0349. The summed E-state index contributed by atoms with van der Waals surface area (Å²) < 4.78 is 34.4. The van der Waals surface area contributed by atoms with Crippen molar-refractivity contribution >= 4 is 29.6 Å². The molecule has 0 amide bonds. The minimum absolute atomic E-state index is 0.318. The Bertz CT molecular complexity index is 2580. The monoisotopic (exact) mass is 952 g/mol. The van der Waals surface area contributed by atoms with Crippen molar-refractivity contribution in [3.63, 3.8) is 0 Å². The molecule has 15 N–H and O–H groups in total. The molecule has 0 radical (unpaired) electrons. The van der Waals surface area contributed by atoms with Crippen LogP contribution in [0.4, 0.5) is 0 Å². The zero-order valence-electron chi connectivity index (χ0n) is 34.1. The highest BCUT2D eigenvalue weighted by atomic mass is 16.7. The fourth-order valence-corrected chi connectivity index (χ4v) is 6.43. The molecule has 5 aromatic rings. The van der Waals surface area contributed by atoms with Gasteiger partial charge in [-0.2, -0.15) is 0 Å². The van der Waals surface area contributed by atoms with Gasteiger partial charge in [-0.15, -0.1) is 0 Å². The molecule has 358 valence electrons. The van der Waals surface area contributed by atoms with Crippen LogP contribution < -0.4 is 0 Å². The number of carbonyl (C=O) groups is 4. The van der Waals surface area contributed by atoms with E-state index in [1.165, 1.54) is 0 Å². The first-order valence-electron chi connectivity index (χ1n) is 19.0. The topological polar surface area (TPSA) is 427 Å². The van der Waals surface area contributed by atoms with Gasteiger partial charge in [0.05, 0.1) is 22.3 Å². The van der Waals surface area contributed by atoms with Crippen LogP contribution in [0.5, 0.6) is 86.2 Å². The Kier molecular flexibility index (Phi) is 13.3. The van der Waals surface area contributed by atoms with E-state index in [0.717, 1.165) is 12.1 Å². The van der Waals surface area contributed by atoms with E-state index in [9.17, 15) is 95.8 Å².